The van der Waals surface area contributed by atoms with Crippen LogP contribution in [0.2, 0.25) is 10.0 Å². The second kappa shape index (κ2) is 7.54. The number of nitrogens with zero attached hydrogens (tertiary/aromatic N) is 5. The number of aromatic amines is 2. The summed E-state index contributed by atoms with van der Waals surface area (Å²) in [6.45, 7) is 10.8. The Hall–Kier alpha value is -3.68. The van der Waals surface area contributed by atoms with E-state index in [0.717, 1.165) is 4.68 Å². The van der Waals surface area contributed by atoms with Crippen molar-refractivity contribution in [3.63, 3.8) is 0 Å². The molecule has 12 heteroatoms. The number of halogens is 2. The molecule has 1 aromatic carbocycles. The fourth-order valence-electron chi connectivity index (χ4n) is 3.33. The van der Waals surface area contributed by atoms with E-state index in [1.807, 2.05) is 18.8 Å². The molecule has 0 spiro atoms. The highest BCUT2D eigenvalue weighted by Crippen LogP contribution is 2.34. The van der Waals surface area contributed by atoms with E-state index in [0.29, 0.717) is 22.3 Å². The molecule has 4 aromatic rings. The van der Waals surface area contributed by atoms with Crippen molar-refractivity contribution in [2.24, 2.45) is 0 Å². The van der Waals surface area contributed by atoms with Gasteiger partial charge in [0.05, 0.1) is 21.4 Å². The zero-order valence-corrected chi connectivity index (χ0v) is 17.6. The topological polar surface area (TPSA) is 123 Å². The second-order valence-electron chi connectivity index (χ2n) is 6.91. The Balaban J connectivity index is 1.94. The van der Waals surface area contributed by atoms with E-state index in [2.05, 4.69) is 20.1 Å². The average molecular weight is 458 g/mol. The minimum Gasteiger partial charge on any atom is -0.354 e. The number of nitrogens with one attached hydrogen (secondary N) is 2. The van der Waals surface area contributed by atoms with Gasteiger partial charge in [-0.3, -0.25) is 19.1 Å². The summed E-state index contributed by atoms with van der Waals surface area (Å²) in [4.78, 5) is 41.0. The number of hydrogen-bond acceptors (Lipinski definition) is 5. The Kier molecular flexibility index (Phi) is 5.00. The van der Waals surface area contributed by atoms with Crippen molar-refractivity contribution in [1.82, 2.24) is 29.5 Å². The maximum Gasteiger partial charge on any atom is 0.365 e. The lowest BCUT2D eigenvalue weighted by Gasteiger charge is -2.12. The van der Waals surface area contributed by atoms with Crippen molar-refractivity contribution >= 4 is 40.1 Å². The van der Waals surface area contributed by atoms with Gasteiger partial charge in [-0.15, -0.1) is 4.68 Å². The highest BCUT2D eigenvalue weighted by atomic mass is 35.5. The van der Waals surface area contributed by atoms with Gasteiger partial charge in [-0.25, -0.2) is 9.89 Å². The van der Waals surface area contributed by atoms with Crippen LogP contribution in [-0.4, -0.2) is 29.5 Å². The molecular formula is C19H13Cl2N7O3. The summed E-state index contributed by atoms with van der Waals surface area (Å²) in [7, 11) is 0. The van der Waals surface area contributed by atoms with Gasteiger partial charge >= 0.3 is 11.5 Å². The van der Waals surface area contributed by atoms with E-state index in [1.165, 1.54) is 12.1 Å². The quantitative estimate of drug-likeness (QED) is 0.457. The predicted molar refractivity (Wildman–Crippen MR) is 116 cm³/mol. The molecule has 0 unspecified atom stereocenters. The molecule has 4 rings (SSSR count). The van der Waals surface area contributed by atoms with Crippen molar-refractivity contribution in [1.29, 1.82) is 0 Å². The maximum absolute atomic E-state index is 12.2. The Labute approximate surface area is 183 Å². The van der Waals surface area contributed by atoms with Crippen LogP contribution in [0.4, 0.5) is 5.82 Å². The Morgan fingerprint density at radius 3 is 2.42 bits per heavy atom. The fourth-order valence-corrected chi connectivity index (χ4v) is 3.99. The number of benzene rings is 1. The lowest BCUT2D eigenvalue weighted by molar-refractivity contribution is 0.761. The van der Waals surface area contributed by atoms with Crippen molar-refractivity contribution in [2.75, 3.05) is 0 Å². The fraction of sp³-hybridized carbons (Fsp3) is 0.158. The first kappa shape index (κ1) is 20.6. The minimum atomic E-state index is -0.884. The number of aromatic nitrogens is 6. The highest BCUT2D eigenvalue weighted by Gasteiger charge is 2.20. The average Bonchev–Trinajstić information content (AvgIpc) is 3.10. The Bertz CT molecular complexity index is 1550. The van der Waals surface area contributed by atoms with Gasteiger partial charge in [-0.05, 0) is 29.2 Å². The summed E-state index contributed by atoms with van der Waals surface area (Å²) in [6.07, 6.45) is 1.69. The molecule has 3 heterocycles. The lowest BCUT2D eigenvalue weighted by atomic mass is 10.0. The zero-order chi connectivity index (χ0) is 22.4. The third-order valence-electron chi connectivity index (χ3n) is 4.64. The van der Waals surface area contributed by atoms with Crippen molar-refractivity contribution in [3.05, 3.63) is 82.6 Å². The van der Waals surface area contributed by atoms with E-state index < -0.39 is 17.1 Å². The molecule has 31 heavy (non-hydrogen) atoms. The highest BCUT2D eigenvalue weighted by molar-refractivity contribution is 6.38. The molecular weight excluding hydrogens is 445 g/mol. The van der Waals surface area contributed by atoms with E-state index in [1.54, 1.807) is 16.8 Å². The summed E-state index contributed by atoms with van der Waals surface area (Å²) in [5.74, 6) is -0.532. The number of fused-ring (bicyclic) bond motifs is 1. The summed E-state index contributed by atoms with van der Waals surface area (Å²) in [5.41, 5.74) is -0.427. The van der Waals surface area contributed by atoms with Crippen LogP contribution in [0.1, 0.15) is 25.3 Å². The van der Waals surface area contributed by atoms with Gasteiger partial charge < -0.3 is 4.85 Å². The molecule has 0 radical (unpaired) electrons. The van der Waals surface area contributed by atoms with Gasteiger partial charge in [-0.1, -0.05) is 43.6 Å². The molecule has 156 valence electrons. The monoisotopic (exact) mass is 457 g/mol. The molecule has 0 amide bonds. The van der Waals surface area contributed by atoms with Gasteiger partial charge in [0.1, 0.15) is 0 Å². The van der Waals surface area contributed by atoms with Crippen LogP contribution < -0.4 is 16.8 Å². The smallest absolute Gasteiger partial charge is 0.354 e. The SMILES string of the molecule is [C-]#[N+]c1nn(-c2cc(Cl)c(-n3ccc4c(C(C)C)c(=O)[nH]nc43)c(Cl)c2)c(=O)[nH]c1=O. The molecule has 0 aliphatic rings. The first-order chi connectivity index (χ1) is 14.7. The van der Waals surface area contributed by atoms with Crippen LogP contribution in [0, 0.1) is 6.57 Å². The van der Waals surface area contributed by atoms with Crippen LogP contribution in [0.25, 0.3) is 27.3 Å². The van der Waals surface area contributed by atoms with Gasteiger partial charge in [0.15, 0.2) is 5.65 Å². The molecule has 0 aliphatic carbocycles. The van der Waals surface area contributed by atoms with Crippen LogP contribution in [0.5, 0.6) is 0 Å². The molecule has 0 saturated heterocycles. The summed E-state index contributed by atoms with van der Waals surface area (Å²) in [5, 5.41) is 11.4. The van der Waals surface area contributed by atoms with Crippen LogP contribution in [0.3, 0.4) is 0 Å². The standard InChI is InChI=1S/C19H13Cl2N7O3/c1-8(2)13-10-4-5-27(16(10)24-25-17(13)29)14-11(20)6-9(7-12(14)21)28-19(31)23-18(30)15(22-3)26-28/h4-8H,1-2H3,(H,25,29)(H,23,30,31). The third kappa shape index (κ3) is 3.34. The Morgan fingerprint density at radius 1 is 1.13 bits per heavy atom. The molecule has 10 nitrogen and oxygen atoms in total. The number of hydrogen-bond donors (Lipinski definition) is 2. The normalized spacial score (nSPS) is 11.2. The van der Waals surface area contributed by atoms with Crippen molar-refractivity contribution < 1.29 is 0 Å². The molecule has 2 N–H and O–H groups in total. The van der Waals surface area contributed by atoms with E-state index in [9.17, 15) is 14.4 Å². The van der Waals surface area contributed by atoms with Gasteiger partial charge in [0.25, 0.3) is 11.1 Å². The van der Waals surface area contributed by atoms with Gasteiger partial charge in [0, 0.05) is 17.1 Å². The van der Waals surface area contributed by atoms with Crippen molar-refractivity contribution in [3.8, 4) is 11.4 Å². The Morgan fingerprint density at radius 2 is 1.81 bits per heavy atom. The van der Waals surface area contributed by atoms with E-state index >= 15 is 0 Å². The number of rotatable bonds is 3. The predicted octanol–water partition coefficient (Wildman–Crippen LogP) is 2.93. The third-order valence-corrected chi connectivity index (χ3v) is 5.21. The summed E-state index contributed by atoms with van der Waals surface area (Å²) < 4.78 is 2.45. The van der Waals surface area contributed by atoms with E-state index in [4.69, 9.17) is 29.8 Å². The molecule has 0 fully saturated rings. The van der Waals surface area contributed by atoms with Crippen LogP contribution >= 0.6 is 23.2 Å². The summed E-state index contributed by atoms with van der Waals surface area (Å²) >= 11 is 13.0. The second-order valence-corrected chi connectivity index (χ2v) is 7.72. The molecule has 3 aromatic heterocycles. The molecule has 0 bridgehead atoms. The minimum absolute atomic E-state index is 0.0340. The van der Waals surface area contributed by atoms with E-state index in [-0.39, 0.29) is 27.2 Å². The lowest BCUT2D eigenvalue weighted by Crippen LogP contribution is -2.30. The number of H-pyrrole nitrogens is 2. The van der Waals surface area contributed by atoms with Crippen molar-refractivity contribution in [2.45, 2.75) is 19.8 Å². The van der Waals surface area contributed by atoms with Crippen LogP contribution in [-0.2, 0) is 0 Å². The van der Waals surface area contributed by atoms with Gasteiger partial charge in [0.2, 0.25) is 0 Å². The van der Waals surface area contributed by atoms with Gasteiger partial charge in [-0.2, -0.15) is 5.10 Å². The maximum atomic E-state index is 12.2. The first-order valence-electron chi connectivity index (χ1n) is 8.93. The molecule has 0 atom stereocenters. The summed E-state index contributed by atoms with van der Waals surface area (Å²) in [6, 6.07) is 4.59. The molecule has 0 aliphatic heterocycles. The molecule has 0 saturated carbocycles. The van der Waals surface area contributed by atoms with Crippen LogP contribution in [0.15, 0.2) is 38.8 Å². The zero-order valence-electron chi connectivity index (χ0n) is 16.1. The largest absolute Gasteiger partial charge is 0.365 e. The first-order valence-corrected chi connectivity index (χ1v) is 9.69.